The number of hydrogen-bond donors (Lipinski definition) is 1. The minimum Gasteiger partial charge on any atom is -0.391 e. The largest absolute Gasteiger partial charge is 0.391 e. The average Bonchev–Trinajstić information content (AvgIpc) is 3.25. The van der Waals surface area contributed by atoms with Gasteiger partial charge in [0, 0.05) is 31.1 Å². The molecule has 3 rings (SSSR count). The number of carbonyl (C=O) groups is 1. The Bertz CT molecular complexity index is 760. The minimum absolute atomic E-state index is 0.0506. The molecule has 1 aliphatic heterocycles. The summed E-state index contributed by atoms with van der Waals surface area (Å²) in [5, 5.41) is 18.2. The van der Waals surface area contributed by atoms with Crippen LogP contribution in [-0.2, 0) is 6.42 Å². The van der Waals surface area contributed by atoms with E-state index < -0.39 is 6.10 Å². The number of hydrogen-bond acceptors (Lipinski definition) is 5. The predicted octanol–water partition coefficient (Wildman–Crippen LogP) is 1.36. The van der Waals surface area contributed by atoms with Crippen LogP contribution in [0.5, 0.6) is 0 Å². The summed E-state index contributed by atoms with van der Waals surface area (Å²) in [6.07, 6.45) is 2.95. The lowest BCUT2D eigenvalue weighted by atomic mass is 10.1. The number of nitrogens with zero attached hydrogens (tertiary/aromatic N) is 5. The van der Waals surface area contributed by atoms with Crippen molar-refractivity contribution in [1.82, 2.24) is 24.8 Å². The van der Waals surface area contributed by atoms with Gasteiger partial charge in [-0.05, 0) is 45.1 Å². The maximum atomic E-state index is 12.8. The van der Waals surface area contributed by atoms with Crippen LogP contribution < -0.4 is 0 Å². The van der Waals surface area contributed by atoms with Crippen molar-refractivity contribution in [2.24, 2.45) is 0 Å². The van der Waals surface area contributed by atoms with Crippen molar-refractivity contribution in [3.8, 4) is 5.69 Å². The number of likely N-dealkylation sites (N-methyl/N-ethyl adjacent to an activating group) is 1. The van der Waals surface area contributed by atoms with Crippen LogP contribution in [0.25, 0.3) is 5.69 Å². The number of aromatic nitrogens is 3. The highest BCUT2D eigenvalue weighted by molar-refractivity contribution is 5.95. The van der Waals surface area contributed by atoms with E-state index in [1.54, 1.807) is 15.6 Å². The summed E-state index contributed by atoms with van der Waals surface area (Å²) in [6.45, 7) is 6.42. The lowest BCUT2D eigenvalue weighted by Crippen LogP contribution is -2.34. The fourth-order valence-electron chi connectivity index (χ4n) is 3.24. The van der Waals surface area contributed by atoms with Gasteiger partial charge < -0.3 is 14.9 Å². The van der Waals surface area contributed by atoms with Crippen molar-refractivity contribution in [1.29, 1.82) is 0 Å². The number of amides is 1. The monoisotopic (exact) mass is 357 g/mol. The minimum atomic E-state index is -0.434. The van der Waals surface area contributed by atoms with Crippen LogP contribution in [0.3, 0.4) is 0 Å². The van der Waals surface area contributed by atoms with Gasteiger partial charge in [0.05, 0.1) is 23.7 Å². The van der Waals surface area contributed by atoms with Crippen LogP contribution in [0.15, 0.2) is 30.5 Å². The van der Waals surface area contributed by atoms with Crippen molar-refractivity contribution < 1.29 is 9.90 Å². The number of rotatable bonds is 6. The highest BCUT2D eigenvalue weighted by Gasteiger charge is 2.31. The SMILES string of the molecule is CCN(C)CCc1cn(-c2cccc(C(=O)N3CC(O)CC3C)c2)nn1. The maximum Gasteiger partial charge on any atom is 0.254 e. The highest BCUT2D eigenvalue weighted by Crippen LogP contribution is 2.21. The fourth-order valence-corrected chi connectivity index (χ4v) is 3.24. The number of β-amino-alcohol motifs (C(OH)–C–C–N with tert-alkyl or cyclic N) is 1. The molecule has 2 unspecified atom stereocenters. The second-order valence-electron chi connectivity index (χ2n) is 7.05. The third-order valence-electron chi connectivity index (χ3n) is 5.00. The van der Waals surface area contributed by atoms with E-state index in [1.807, 2.05) is 31.3 Å². The van der Waals surface area contributed by atoms with E-state index >= 15 is 0 Å². The summed E-state index contributed by atoms with van der Waals surface area (Å²) in [7, 11) is 2.08. The number of likely N-dealkylation sites (tertiary alicyclic amines) is 1. The molecule has 1 amide bonds. The normalized spacial score (nSPS) is 20.1. The van der Waals surface area contributed by atoms with Gasteiger partial charge in [0.1, 0.15) is 0 Å². The van der Waals surface area contributed by atoms with Gasteiger partial charge in [-0.15, -0.1) is 5.10 Å². The van der Waals surface area contributed by atoms with E-state index in [1.165, 1.54) is 0 Å². The first-order valence-corrected chi connectivity index (χ1v) is 9.17. The van der Waals surface area contributed by atoms with Crippen molar-refractivity contribution >= 4 is 5.91 Å². The Balaban J connectivity index is 1.73. The summed E-state index contributed by atoms with van der Waals surface area (Å²) in [4.78, 5) is 16.7. The molecule has 0 aliphatic carbocycles. The molecule has 1 saturated heterocycles. The van der Waals surface area contributed by atoms with Crippen LogP contribution in [0.2, 0.25) is 0 Å². The van der Waals surface area contributed by atoms with E-state index in [2.05, 4.69) is 29.2 Å². The molecule has 2 heterocycles. The smallest absolute Gasteiger partial charge is 0.254 e. The number of aliphatic hydroxyl groups is 1. The molecule has 1 aromatic carbocycles. The highest BCUT2D eigenvalue weighted by atomic mass is 16.3. The maximum absolute atomic E-state index is 12.8. The van der Waals surface area contributed by atoms with Crippen LogP contribution in [0.1, 0.15) is 36.3 Å². The summed E-state index contributed by atoms with van der Waals surface area (Å²) < 4.78 is 1.71. The summed E-state index contributed by atoms with van der Waals surface area (Å²) in [5.41, 5.74) is 2.34. The molecule has 1 N–H and O–H groups in total. The van der Waals surface area contributed by atoms with Crippen molar-refractivity contribution in [3.63, 3.8) is 0 Å². The van der Waals surface area contributed by atoms with Crippen molar-refractivity contribution in [2.45, 2.75) is 38.8 Å². The van der Waals surface area contributed by atoms with E-state index in [9.17, 15) is 9.90 Å². The second kappa shape index (κ2) is 7.97. The average molecular weight is 357 g/mol. The molecule has 1 fully saturated rings. The molecular weight excluding hydrogens is 330 g/mol. The van der Waals surface area contributed by atoms with Gasteiger partial charge in [-0.1, -0.05) is 18.2 Å². The number of benzene rings is 1. The van der Waals surface area contributed by atoms with Crippen LogP contribution in [0.4, 0.5) is 0 Å². The zero-order chi connectivity index (χ0) is 18.7. The molecule has 0 spiro atoms. The van der Waals surface area contributed by atoms with E-state index in [4.69, 9.17) is 0 Å². The summed E-state index contributed by atoms with van der Waals surface area (Å²) in [6, 6.07) is 7.45. The number of carbonyl (C=O) groups excluding carboxylic acids is 1. The molecule has 26 heavy (non-hydrogen) atoms. The molecule has 7 nitrogen and oxygen atoms in total. The fraction of sp³-hybridized carbons (Fsp3) is 0.526. The van der Waals surface area contributed by atoms with Crippen molar-refractivity contribution in [2.75, 3.05) is 26.7 Å². The van der Waals surface area contributed by atoms with Gasteiger partial charge in [0.2, 0.25) is 0 Å². The second-order valence-corrected chi connectivity index (χ2v) is 7.05. The molecule has 7 heteroatoms. The lowest BCUT2D eigenvalue weighted by molar-refractivity contribution is 0.0726. The standard InChI is InChI=1S/C19H27N5O2/c1-4-22(3)9-8-16-12-24(21-20-16)17-7-5-6-15(11-17)19(26)23-13-18(25)10-14(23)2/h5-7,11-12,14,18,25H,4,8-10,13H2,1-3H3. The van der Waals surface area contributed by atoms with Crippen LogP contribution in [0, 0.1) is 0 Å². The Morgan fingerprint density at radius 1 is 1.42 bits per heavy atom. The van der Waals surface area contributed by atoms with Crippen LogP contribution >= 0.6 is 0 Å². The summed E-state index contributed by atoms with van der Waals surface area (Å²) >= 11 is 0. The molecule has 1 aliphatic rings. The molecule has 140 valence electrons. The lowest BCUT2D eigenvalue weighted by Gasteiger charge is -2.21. The molecule has 0 saturated carbocycles. The van der Waals surface area contributed by atoms with Gasteiger partial charge in [0.15, 0.2) is 0 Å². The first-order chi connectivity index (χ1) is 12.5. The third-order valence-corrected chi connectivity index (χ3v) is 5.00. The Hall–Kier alpha value is -2.25. The first-order valence-electron chi connectivity index (χ1n) is 9.17. The zero-order valence-corrected chi connectivity index (χ0v) is 15.7. The zero-order valence-electron chi connectivity index (χ0n) is 15.7. The molecule has 0 bridgehead atoms. The molecular formula is C19H27N5O2. The topological polar surface area (TPSA) is 74.5 Å². The van der Waals surface area contributed by atoms with Crippen molar-refractivity contribution in [3.05, 3.63) is 41.7 Å². The molecule has 2 atom stereocenters. The molecule has 0 radical (unpaired) electrons. The van der Waals surface area contributed by atoms with Crippen LogP contribution in [-0.4, -0.2) is 74.6 Å². The Morgan fingerprint density at radius 2 is 2.23 bits per heavy atom. The Kier molecular flexibility index (Phi) is 5.68. The van der Waals surface area contributed by atoms with Gasteiger partial charge in [-0.2, -0.15) is 0 Å². The van der Waals surface area contributed by atoms with Gasteiger partial charge in [0.25, 0.3) is 5.91 Å². The first kappa shape index (κ1) is 18.5. The Labute approximate surface area is 154 Å². The van der Waals surface area contributed by atoms with Gasteiger partial charge in [-0.3, -0.25) is 4.79 Å². The quantitative estimate of drug-likeness (QED) is 0.845. The molecule has 2 aromatic rings. The predicted molar refractivity (Wildman–Crippen MR) is 99.4 cm³/mol. The third kappa shape index (κ3) is 4.11. The van der Waals surface area contributed by atoms with Gasteiger partial charge in [-0.25, -0.2) is 4.68 Å². The molecule has 1 aromatic heterocycles. The van der Waals surface area contributed by atoms with Gasteiger partial charge >= 0.3 is 0 Å². The Morgan fingerprint density at radius 3 is 2.92 bits per heavy atom. The number of aliphatic hydroxyl groups excluding tert-OH is 1. The van der Waals surface area contributed by atoms with E-state index in [0.29, 0.717) is 18.5 Å². The van der Waals surface area contributed by atoms with E-state index in [0.717, 1.165) is 30.9 Å². The summed E-state index contributed by atoms with van der Waals surface area (Å²) in [5.74, 6) is -0.0548. The van der Waals surface area contributed by atoms with E-state index in [-0.39, 0.29) is 11.9 Å².